The first-order valence-corrected chi connectivity index (χ1v) is 11.9. The first-order valence-electron chi connectivity index (χ1n) is 11.9. The molecule has 2 rings (SSSR count). The molecule has 0 aliphatic rings. The van der Waals surface area contributed by atoms with Gasteiger partial charge < -0.3 is 31.8 Å². The Morgan fingerprint density at radius 1 is 1.00 bits per heavy atom. The van der Waals surface area contributed by atoms with Crippen LogP contribution in [0.2, 0.25) is 0 Å². The summed E-state index contributed by atoms with van der Waals surface area (Å²) in [5, 5.41) is 17.7. The number of aromatic amines is 1. The van der Waals surface area contributed by atoms with Gasteiger partial charge in [0.25, 0.3) is 0 Å². The van der Waals surface area contributed by atoms with Crippen molar-refractivity contribution >= 4 is 34.6 Å². The van der Waals surface area contributed by atoms with Crippen molar-refractivity contribution in [1.29, 1.82) is 0 Å². The molecule has 192 valence electrons. The zero-order valence-electron chi connectivity index (χ0n) is 20.8. The van der Waals surface area contributed by atoms with E-state index in [1.807, 2.05) is 52.0 Å². The van der Waals surface area contributed by atoms with Gasteiger partial charge in [0.05, 0.1) is 6.04 Å². The SMILES string of the molecule is CCC(C)C(N)C(=O)NC(CC(C)C)C(=O)NC(Cc1c[nH]c2ccccc12)C(=O)NCC(=O)O. The van der Waals surface area contributed by atoms with E-state index < -0.39 is 48.4 Å². The summed E-state index contributed by atoms with van der Waals surface area (Å²) in [5.74, 6) is -2.76. The summed E-state index contributed by atoms with van der Waals surface area (Å²) in [4.78, 5) is 52.9. The molecule has 0 bridgehead atoms. The highest BCUT2D eigenvalue weighted by Crippen LogP contribution is 2.19. The lowest BCUT2D eigenvalue weighted by Gasteiger charge is -2.26. The van der Waals surface area contributed by atoms with Gasteiger partial charge >= 0.3 is 5.97 Å². The molecule has 2 aromatic rings. The molecule has 35 heavy (non-hydrogen) atoms. The van der Waals surface area contributed by atoms with E-state index >= 15 is 0 Å². The standard InChI is InChI=1S/C25H37N5O5/c1-5-15(4)22(26)25(35)30-19(10-14(2)3)24(34)29-20(23(33)28-13-21(31)32)11-16-12-27-18-9-7-6-8-17(16)18/h6-9,12,14-15,19-20,22,27H,5,10-11,13,26H2,1-4H3,(H,28,33)(H,29,34)(H,30,35)(H,31,32). The third-order valence-corrected chi connectivity index (χ3v) is 6.05. The van der Waals surface area contributed by atoms with Gasteiger partial charge in [0, 0.05) is 23.5 Å². The van der Waals surface area contributed by atoms with Gasteiger partial charge in [-0.15, -0.1) is 0 Å². The number of H-pyrrole nitrogens is 1. The molecule has 10 nitrogen and oxygen atoms in total. The third kappa shape index (κ3) is 8.10. The number of fused-ring (bicyclic) bond motifs is 1. The van der Waals surface area contributed by atoms with Gasteiger partial charge in [0.2, 0.25) is 17.7 Å². The Bertz CT molecular complexity index is 1030. The van der Waals surface area contributed by atoms with Crippen molar-refractivity contribution in [3.05, 3.63) is 36.0 Å². The van der Waals surface area contributed by atoms with Crippen LogP contribution >= 0.6 is 0 Å². The number of hydrogen-bond donors (Lipinski definition) is 6. The van der Waals surface area contributed by atoms with Crippen molar-refractivity contribution in [3.8, 4) is 0 Å². The van der Waals surface area contributed by atoms with Crippen molar-refractivity contribution in [2.75, 3.05) is 6.54 Å². The van der Waals surface area contributed by atoms with Gasteiger partial charge in [-0.25, -0.2) is 0 Å². The van der Waals surface area contributed by atoms with Gasteiger partial charge in [-0.05, 0) is 29.9 Å². The van der Waals surface area contributed by atoms with Crippen molar-refractivity contribution in [3.63, 3.8) is 0 Å². The Morgan fingerprint density at radius 3 is 2.29 bits per heavy atom. The fraction of sp³-hybridized carbons (Fsp3) is 0.520. The van der Waals surface area contributed by atoms with Crippen LogP contribution in [0.4, 0.5) is 0 Å². The van der Waals surface area contributed by atoms with Crippen LogP contribution in [0.1, 0.15) is 46.1 Å². The van der Waals surface area contributed by atoms with Crippen LogP contribution in [0.5, 0.6) is 0 Å². The van der Waals surface area contributed by atoms with Gasteiger partial charge in [-0.2, -0.15) is 0 Å². The number of carbonyl (C=O) groups excluding carboxylic acids is 3. The summed E-state index contributed by atoms with van der Waals surface area (Å²) in [5.41, 5.74) is 7.71. The summed E-state index contributed by atoms with van der Waals surface area (Å²) in [7, 11) is 0. The van der Waals surface area contributed by atoms with Crippen LogP contribution in [-0.2, 0) is 25.6 Å². The molecule has 4 atom stereocenters. The summed E-state index contributed by atoms with van der Waals surface area (Å²) in [6.45, 7) is 7.07. The van der Waals surface area contributed by atoms with Crippen LogP contribution < -0.4 is 21.7 Å². The minimum atomic E-state index is -1.19. The average Bonchev–Trinajstić information content (AvgIpc) is 3.22. The Labute approximate surface area is 205 Å². The Morgan fingerprint density at radius 2 is 1.66 bits per heavy atom. The first kappa shape index (κ1) is 27.8. The third-order valence-electron chi connectivity index (χ3n) is 6.05. The largest absolute Gasteiger partial charge is 0.480 e. The molecule has 1 aromatic heterocycles. The predicted molar refractivity (Wildman–Crippen MR) is 133 cm³/mol. The highest BCUT2D eigenvalue weighted by Gasteiger charge is 2.30. The van der Waals surface area contributed by atoms with E-state index in [-0.39, 0.29) is 18.3 Å². The molecular formula is C25H37N5O5. The van der Waals surface area contributed by atoms with Crippen LogP contribution in [0.3, 0.4) is 0 Å². The fourth-order valence-electron chi connectivity index (χ4n) is 3.77. The monoisotopic (exact) mass is 487 g/mol. The van der Waals surface area contributed by atoms with Crippen LogP contribution in [0.25, 0.3) is 10.9 Å². The molecular weight excluding hydrogens is 450 g/mol. The quantitative estimate of drug-likeness (QED) is 0.249. The van der Waals surface area contributed by atoms with E-state index in [1.54, 1.807) is 6.20 Å². The zero-order chi connectivity index (χ0) is 26.1. The number of rotatable bonds is 13. The van der Waals surface area contributed by atoms with E-state index in [0.29, 0.717) is 12.8 Å². The zero-order valence-corrected chi connectivity index (χ0v) is 20.8. The van der Waals surface area contributed by atoms with E-state index in [0.717, 1.165) is 16.5 Å². The van der Waals surface area contributed by atoms with Gasteiger partial charge in [-0.1, -0.05) is 52.3 Å². The van der Waals surface area contributed by atoms with E-state index in [9.17, 15) is 19.2 Å². The molecule has 1 heterocycles. The number of para-hydroxylation sites is 1. The van der Waals surface area contributed by atoms with Crippen molar-refractivity contribution < 1.29 is 24.3 Å². The topological polar surface area (TPSA) is 166 Å². The summed E-state index contributed by atoms with van der Waals surface area (Å²) in [6, 6.07) is 4.84. The van der Waals surface area contributed by atoms with E-state index in [1.165, 1.54) is 0 Å². The summed E-state index contributed by atoms with van der Waals surface area (Å²) < 4.78 is 0. The van der Waals surface area contributed by atoms with E-state index in [2.05, 4.69) is 20.9 Å². The maximum Gasteiger partial charge on any atom is 0.322 e. The highest BCUT2D eigenvalue weighted by molar-refractivity contribution is 5.94. The van der Waals surface area contributed by atoms with Gasteiger partial charge in [-0.3, -0.25) is 19.2 Å². The lowest BCUT2D eigenvalue weighted by atomic mass is 9.97. The Balaban J connectivity index is 2.24. The normalized spacial score (nSPS) is 14.7. The maximum absolute atomic E-state index is 13.3. The van der Waals surface area contributed by atoms with Crippen molar-refractivity contribution in [2.24, 2.45) is 17.6 Å². The molecule has 1 aromatic carbocycles. The molecule has 7 N–H and O–H groups in total. The molecule has 0 aliphatic carbocycles. The van der Waals surface area contributed by atoms with Gasteiger partial charge in [0.1, 0.15) is 18.6 Å². The number of amides is 3. The fourth-order valence-corrected chi connectivity index (χ4v) is 3.77. The minimum Gasteiger partial charge on any atom is -0.480 e. The predicted octanol–water partition coefficient (Wildman–Crippen LogP) is 1.30. The molecule has 0 saturated heterocycles. The molecule has 0 radical (unpaired) electrons. The lowest BCUT2D eigenvalue weighted by Crippen LogP contribution is -2.57. The second-order valence-corrected chi connectivity index (χ2v) is 9.34. The Hall–Kier alpha value is -3.40. The minimum absolute atomic E-state index is 0.0609. The molecule has 10 heteroatoms. The van der Waals surface area contributed by atoms with Crippen molar-refractivity contribution in [2.45, 2.75) is 65.1 Å². The Kier molecular flexibility index (Phi) is 10.3. The smallest absolute Gasteiger partial charge is 0.322 e. The second kappa shape index (κ2) is 12.9. The number of benzene rings is 1. The molecule has 0 spiro atoms. The number of aromatic nitrogens is 1. The van der Waals surface area contributed by atoms with Crippen molar-refractivity contribution in [1.82, 2.24) is 20.9 Å². The lowest BCUT2D eigenvalue weighted by molar-refractivity contribution is -0.138. The van der Waals surface area contributed by atoms with Crippen LogP contribution in [0.15, 0.2) is 30.5 Å². The molecule has 0 fully saturated rings. The second-order valence-electron chi connectivity index (χ2n) is 9.34. The number of carbonyl (C=O) groups is 4. The molecule has 4 unspecified atom stereocenters. The average molecular weight is 488 g/mol. The number of nitrogens with two attached hydrogens (primary N) is 1. The van der Waals surface area contributed by atoms with Crippen LogP contribution in [0, 0.1) is 11.8 Å². The molecule has 0 aliphatic heterocycles. The number of nitrogens with one attached hydrogen (secondary N) is 4. The number of carboxylic acids is 1. The number of aliphatic carboxylic acids is 1. The van der Waals surface area contributed by atoms with Gasteiger partial charge in [0.15, 0.2) is 0 Å². The summed E-state index contributed by atoms with van der Waals surface area (Å²) in [6.07, 6.45) is 2.95. The summed E-state index contributed by atoms with van der Waals surface area (Å²) >= 11 is 0. The van der Waals surface area contributed by atoms with Crippen LogP contribution in [-0.4, -0.2) is 58.5 Å². The molecule has 0 saturated carbocycles. The first-order chi connectivity index (χ1) is 16.5. The highest BCUT2D eigenvalue weighted by atomic mass is 16.4. The number of hydrogen-bond acceptors (Lipinski definition) is 5. The number of carboxylic acid groups (broad SMARTS) is 1. The molecule has 3 amide bonds. The maximum atomic E-state index is 13.3. The van der Waals surface area contributed by atoms with E-state index in [4.69, 9.17) is 10.8 Å².